The number of rotatable bonds is 6. The molecule has 14 nitrogen and oxygen atoms in total. The number of nitrogens with one attached hydrogen (secondary N) is 3. The number of hydrogen-bond donors (Lipinski definition) is 3. The van der Waals surface area contributed by atoms with Gasteiger partial charge in [-0.25, -0.2) is 18.0 Å². The zero-order valence-corrected chi connectivity index (χ0v) is 29.7. The molecule has 6 rings (SSSR count). The number of amides is 5. The minimum atomic E-state index is -3.90. The Balaban J connectivity index is 1.27. The van der Waals surface area contributed by atoms with Gasteiger partial charge >= 0.3 is 12.2 Å². The standard InChI is InChI=1S/C35H47N5O9S/c1-5-23-17-35(23,31(43)38-50(46,47)25-13-14-25)37-29(41)27-16-24-19-40(27)30(42)28(34(2,3)4)36-32(44)48-15-8-6-7-10-21-11-9-12-22-18-39(20-26(21)22)33(45)49-24/h5,9,11-12,23-25,27-28H,1,6-8,10,13-20H2,2-4H3,(H,36,44)(H,37,41)(H,38,43)/t23-,24+,27-,28+,35+/m0/s1. The topological polar surface area (TPSA) is 181 Å². The lowest BCUT2D eigenvalue weighted by Gasteiger charge is -2.35. The van der Waals surface area contributed by atoms with E-state index in [1.165, 1.54) is 11.0 Å². The number of nitrogens with zero attached hydrogens (tertiary/aromatic N) is 2. The number of cyclic esters (lactones) is 1. The van der Waals surface area contributed by atoms with Gasteiger partial charge in [-0.1, -0.05) is 45.0 Å². The molecule has 0 unspecified atom stereocenters. The molecule has 3 heterocycles. The van der Waals surface area contributed by atoms with Crippen LogP contribution < -0.4 is 15.4 Å². The van der Waals surface area contributed by atoms with E-state index in [0.29, 0.717) is 32.4 Å². The van der Waals surface area contributed by atoms with E-state index in [1.54, 1.807) is 25.7 Å². The molecule has 1 aromatic rings. The van der Waals surface area contributed by atoms with E-state index >= 15 is 0 Å². The monoisotopic (exact) mass is 713 g/mol. The number of ether oxygens (including phenoxy) is 2. The molecule has 0 spiro atoms. The number of aryl methyl sites for hydroxylation is 1. The third-order valence-electron chi connectivity index (χ3n) is 10.4. The van der Waals surface area contributed by atoms with E-state index in [1.807, 2.05) is 12.1 Å². The van der Waals surface area contributed by atoms with Crippen molar-refractivity contribution < 1.29 is 41.9 Å². The Morgan fingerprint density at radius 3 is 2.50 bits per heavy atom. The summed E-state index contributed by atoms with van der Waals surface area (Å²) in [6, 6.07) is 3.70. The first-order valence-electron chi connectivity index (χ1n) is 17.4. The predicted octanol–water partition coefficient (Wildman–Crippen LogP) is 2.64. The SMILES string of the molecule is C=C[C@H]1C[C@]1(NC(=O)[C@@H]1C[C@@H]2CN1C(=O)[C@H](C(C)(C)C)NC(=O)OCCCCCc1cccc3c1CN(C3)C(=O)O2)C(=O)NS(=O)(=O)C1CC1. The van der Waals surface area contributed by atoms with E-state index < -0.39 is 80.2 Å². The quantitative estimate of drug-likeness (QED) is 0.374. The summed E-state index contributed by atoms with van der Waals surface area (Å²) >= 11 is 0. The highest BCUT2D eigenvalue weighted by Gasteiger charge is 2.62. The molecule has 5 amide bonds. The van der Waals surface area contributed by atoms with Crippen LogP contribution in [0.1, 0.15) is 82.4 Å². The normalized spacial score (nSPS) is 29.1. The Hall–Kier alpha value is -4.14. The summed E-state index contributed by atoms with van der Waals surface area (Å²) in [5.74, 6) is -2.70. The number of carbonyl (C=O) groups excluding carboxylic acids is 5. The molecule has 2 saturated carbocycles. The molecule has 2 aliphatic carbocycles. The fourth-order valence-electron chi connectivity index (χ4n) is 7.20. The number of carbonyl (C=O) groups is 5. The fraction of sp³-hybridized carbons (Fsp3) is 0.629. The molecular weight excluding hydrogens is 666 g/mol. The van der Waals surface area contributed by atoms with Crippen molar-refractivity contribution >= 4 is 39.9 Å². The summed E-state index contributed by atoms with van der Waals surface area (Å²) in [4.78, 5) is 71.2. The average Bonchev–Trinajstić information content (AvgIpc) is 3.94. The van der Waals surface area contributed by atoms with Crippen LogP contribution in [0.5, 0.6) is 0 Å². The van der Waals surface area contributed by atoms with Crippen LogP contribution in [0, 0.1) is 11.3 Å². The molecule has 1 aromatic carbocycles. The van der Waals surface area contributed by atoms with Crippen molar-refractivity contribution in [3.05, 3.63) is 47.5 Å². The summed E-state index contributed by atoms with van der Waals surface area (Å²) in [7, 11) is -3.90. The maximum Gasteiger partial charge on any atom is 0.410 e. The first kappa shape index (κ1) is 35.7. The first-order valence-corrected chi connectivity index (χ1v) is 19.0. The minimum Gasteiger partial charge on any atom is -0.450 e. The lowest BCUT2D eigenvalue weighted by molar-refractivity contribution is -0.142. The molecule has 5 aliphatic rings. The van der Waals surface area contributed by atoms with Crippen LogP contribution in [0.4, 0.5) is 9.59 Å². The molecule has 50 heavy (non-hydrogen) atoms. The van der Waals surface area contributed by atoms with Crippen molar-refractivity contribution in [2.24, 2.45) is 11.3 Å². The van der Waals surface area contributed by atoms with Crippen LogP contribution in [0.25, 0.3) is 0 Å². The summed E-state index contributed by atoms with van der Waals surface area (Å²) < 4.78 is 38.8. The van der Waals surface area contributed by atoms with Crippen LogP contribution in [0.2, 0.25) is 0 Å². The molecule has 4 bridgehead atoms. The van der Waals surface area contributed by atoms with E-state index in [4.69, 9.17) is 9.47 Å². The van der Waals surface area contributed by atoms with Gasteiger partial charge in [0.15, 0.2) is 0 Å². The number of benzene rings is 1. The predicted molar refractivity (Wildman–Crippen MR) is 181 cm³/mol. The molecule has 0 aromatic heterocycles. The largest absolute Gasteiger partial charge is 0.450 e. The molecule has 3 N–H and O–H groups in total. The van der Waals surface area contributed by atoms with Crippen molar-refractivity contribution in [3.8, 4) is 0 Å². The van der Waals surface area contributed by atoms with Gasteiger partial charge in [-0.3, -0.25) is 24.0 Å². The molecule has 3 fully saturated rings. The molecular formula is C35H47N5O9S. The van der Waals surface area contributed by atoms with Gasteiger partial charge in [0.05, 0.1) is 18.4 Å². The van der Waals surface area contributed by atoms with Gasteiger partial charge in [0.2, 0.25) is 21.8 Å². The van der Waals surface area contributed by atoms with Crippen molar-refractivity contribution in [1.29, 1.82) is 0 Å². The van der Waals surface area contributed by atoms with Crippen molar-refractivity contribution in [1.82, 2.24) is 25.2 Å². The third-order valence-corrected chi connectivity index (χ3v) is 12.2. The van der Waals surface area contributed by atoms with Gasteiger partial charge in [-0.05, 0) is 67.1 Å². The highest BCUT2D eigenvalue weighted by Crippen LogP contribution is 2.45. The Morgan fingerprint density at radius 1 is 1.08 bits per heavy atom. The van der Waals surface area contributed by atoms with Crippen molar-refractivity contribution in [2.75, 3.05) is 13.2 Å². The van der Waals surface area contributed by atoms with Crippen LogP contribution in [0.3, 0.4) is 0 Å². The van der Waals surface area contributed by atoms with E-state index in [2.05, 4.69) is 28.0 Å². The Kier molecular flexibility index (Phi) is 9.66. The number of sulfonamides is 1. The molecule has 15 heteroatoms. The molecule has 0 radical (unpaired) electrons. The van der Waals surface area contributed by atoms with Crippen LogP contribution >= 0.6 is 0 Å². The van der Waals surface area contributed by atoms with Gasteiger partial charge in [0.1, 0.15) is 23.7 Å². The minimum absolute atomic E-state index is 0.0759. The summed E-state index contributed by atoms with van der Waals surface area (Å²) in [5, 5.41) is 4.78. The Labute approximate surface area is 292 Å². The van der Waals surface area contributed by atoms with Crippen LogP contribution in [-0.2, 0) is 53.4 Å². The zero-order valence-electron chi connectivity index (χ0n) is 28.9. The number of hydrogen-bond acceptors (Lipinski definition) is 9. The van der Waals surface area contributed by atoms with Crippen molar-refractivity contribution in [3.63, 3.8) is 0 Å². The van der Waals surface area contributed by atoms with Crippen LogP contribution in [0.15, 0.2) is 30.9 Å². The van der Waals surface area contributed by atoms with Gasteiger partial charge < -0.3 is 25.0 Å². The van der Waals surface area contributed by atoms with Crippen molar-refractivity contribution in [2.45, 2.75) is 114 Å². The first-order chi connectivity index (χ1) is 23.6. The summed E-state index contributed by atoms with van der Waals surface area (Å²) in [5.41, 5.74) is 0.888. The van der Waals surface area contributed by atoms with Gasteiger partial charge in [-0.2, -0.15) is 0 Å². The van der Waals surface area contributed by atoms with Crippen LogP contribution in [-0.4, -0.2) is 90.3 Å². The fourth-order valence-corrected chi connectivity index (χ4v) is 8.56. The highest BCUT2D eigenvalue weighted by atomic mass is 32.2. The second-order valence-corrected chi connectivity index (χ2v) is 17.2. The maximum atomic E-state index is 14.3. The number of fused-ring (bicyclic) bond motifs is 3. The second kappa shape index (κ2) is 13.5. The van der Waals surface area contributed by atoms with Gasteiger partial charge in [-0.15, -0.1) is 6.58 Å². The number of alkyl carbamates (subject to hydrolysis) is 1. The third kappa shape index (κ3) is 7.33. The smallest absolute Gasteiger partial charge is 0.410 e. The lowest BCUT2D eigenvalue weighted by Crippen LogP contribution is -2.60. The average molecular weight is 714 g/mol. The van der Waals surface area contributed by atoms with Gasteiger partial charge in [0.25, 0.3) is 5.91 Å². The zero-order chi connectivity index (χ0) is 36.0. The van der Waals surface area contributed by atoms with Gasteiger partial charge in [0, 0.05) is 25.4 Å². The van der Waals surface area contributed by atoms with E-state index in [9.17, 15) is 32.4 Å². The molecule has 1 saturated heterocycles. The second-order valence-electron chi connectivity index (χ2n) is 15.2. The Bertz CT molecular complexity index is 1690. The molecule has 272 valence electrons. The summed E-state index contributed by atoms with van der Waals surface area (Å²) in [6.45, 7) is 9.83. The van der Waals surface area contributed by atoms with E-state index in [-0.39, 0.29) is 26.0 Å². The van der Waals surface area contributed by atoms with E-state index in [0.717, 1.165) is 36.0 Å². The molecule has 5 atom stereocenters. The maximum absolute atomic E-state index is 14.3. The Morgan fingerprint density at radius 2 is 1.82 bits per heavy atom. The molecule has 3 aliphatic heterocycles. The highest BCUT2D eigenvalue weighted by molar-refractivity contribution is 7.91. The summed E-state index contributed by atoms with van der Waals surface area (Å²) in [6.07, 6.45) is 3.35. The lowest BCUT2D eigenvalue weighted by atomic mass is 9.85.